The Morgan fingerprint density at radius 2 is 2.05 bits per heavy atom. The first-order chi connectivity index (χ1) is 9.70. The van der Waals surface area contributed by atoms with Crippen molar-refractivity contribution in [1.82, 2.24) is 5.32 Å². The number of nitrogens with one attached hydrogen (secondary N) is 1. The van der Waals surface area contributed by atoms with Crippen LogP contribution in [0.5, 0.6) is 5.75 Å². The van der Waals surface area contributed by atoms with Crippen molar-refractivity contribution in [1.29, 1.82) is 0 Å². The van der Waals surface area contributed by atoms with E-state index in [-0.39, 0.29) is 30.6 Å². The lowest BCUT2D eigenvalue weighted by atomic mass is 10.1. The molecule has 1 aromatic carbocycles. The van der Waals surface area contributed by atoms with Crippen LogP contribution in [0.25, 0.3) is 0 Å². The summed E-state index contributed by atoms with van der Waals surface area (Å²) in [6.07, 6.45) is -3.14. The lowest BCUT2D eigenvalue weighted by Crippen LogP contribution is -2.42. The zero-order valence-electron chi connectivity index (χ0n) is 12.0. The Hall–Kier alpha value is -1.47. The molecule has 0 aromatic heterocycles. The molecule has 1 amide bonds. The van der Waals surface area contributed by atoms with Gasteiger partial charge in [0.05, 0.1) is 5.54 Å². The number of benzene rings is 1. The lowest BCUT2D eigenvalue weighted by Gasteiger charge is -2.15. The number of carbonyl (C=O) groups is 1. The molecule has 0 unspecified atom stereocenters. The lowest BCUT2D eigenvalue weighted by molar-refractivity contribution is -0.153. The quantitative estimate of drug-likeness (QED) is 0.867. The summed E-state index contributed by atoms with van der Waals surface area (Å²) in [6, 6.07) is 4.90. The summed E-state index contributed by atoms with van der Waals surface area (Å²) in [5.41, 5.74) is 6.20. The van der Waals surface area contributed by atoms with Crippen molar-refractivity contribution in [3.05, 3.63) is 29.3 Å². The van der Waals surface area contributed by atoms with Gasteiger partial charge in [0.15, 0.2) is 6.61 Å². The molecule has 1 aliphatic rings. The molecule has 1 fully saturated rings. The van der Waals surface area contributed by atoms with Crippen molar-refractivity contribution < 1.29 is 22.7 Å². The molecule has 3 N–H and O–H groups in total. The Balaban J connectivity index is 0.00000242. The number of nitrogens with two attached hydrogens (primary N) is 1. The van der Waals surface area contributed by atoms with E-state index in [0.29, 0.717) is 18.4 Å². The molecular formula is C14H18ClF3N2O2. The van der Waals surface area contributed by atoms with E-state index in [1.54, 1.807) is 19.1 Å². The van der Waals surface area contributed by atoms with Crippen LogP contribution in [0.1, 0.15) is 24.0 Å². The largest absolute Gasteiger partial charge is 0.484 e. The fourth-order valence-electron chi connectivity index (χ4n) is 1.82. The molecule has 1 saturated carbocycles. The first kappa shape index (κ1) is 18.6. The van der Waals surface area contributed by atoms with Gasteiger partial charge in [-0.3, -0.25) is 4.79 Å². The third kappa shape index (κ3) is 5.06. The number of ether oxygens (including phenoxy) is 1. The fourth-order valence-corrected chi connectivity index (χ4v) is 1.82. The Bertz CT molecular complexity index is 545. The van der Waals surface area contributed by atoms with Crippen molar-refractivity contribution >= 4 is 18.3 Å². The van der Waals surface area contributed by atoms with Crippen molar-refractivity contribution in [3.8, 4) is 5.75 Å². The maximum atomic E-state index is 12.2. The SMILES string of the molecule is Cc1ccc(CNC(=O)C2(N)CC2)c(OCC(F)(F)F)c1.Cl. The van der Waals surface area contributed by atoms with E-state index in [0.717, 1.165) is 5.56 Å². The van der Waals surface area contributed by atoms with E-state index in [4.69, 9.17) is 10.5 Å². The van der Waals surface area contributed by atoms with Crippen molar-refractivity contribution in [2.45, 2.75) is 38.0 Å². The van der Waals surface area contributed by atoms with Crippen molar-refractivity contribution in [2.75, 3.05) is 6.61 Å². The number of aryl methyl sites for hydroxylation is 1. The summed E-state index contributed by atoms with van der Waals surface area (Å²) in [4.78, 5) is 11.7. The first-order valence-electron chi connectivity index (χ1n) is 6.56. The van der Waals surface area contributed by atoms with E-state index >= 15 is 0 Å². The van der Waals surface area contributed by atoms with Gasteiger partial charge in [0.1, 0.15) is 5.75 Å². The molecule has 1 aliphatic carbocycles. The van der Waals surface area contributed by atoms with Crippen LogP contribution in [0.15, 0.2) is 18.2 Å². The number of hydrogen-bond donors (Lipinski definition) is 2. The minimum Gasteiger partial charge on any atom is -0.484 e. The Kier molecular flexibility index (Phi) is 5.70. The highest BCUT2D eigenvalue weighted by molar-refractivity contribution is 5.88. The van der Waals surface area contributed by atoms with Gasteiger partial charge in [-0.05, 0) is 31.4 Å². The van der Waals surface area contributed by atoms with Gasteiger partial charge in [0, 0.05) is 12.1 Å². The zero-order valence-corrected chi connectivity index (χ0v) is 12.8. The molecule has 0 aliphatic heterocycles. The average Bonchev–Trinajstić information content (AvgIpc) is 3.13. The van der Waals surface area contributed by atoms with Crippen LogP contribution in [0.2, 0.25) is 0 Å². The van der Waals surface area contributed by atoms with Gasteiger partial charge in [-0.15, -0.1) is 12.4 Å². The topological polar surface area (TPSA) is 64.4 Å². The summed E-state index contributed by atoms with van der Waals surface area (Å²) in [5.74, 6) is -0.167. The van der Waals surface area contributed by atoms with E-state index in [2.05, 4.69) is 5.32 Å². The summed E-state index contributed by atoms with van der Waals surface area (Å²) < 4.78 is 41.5. The van der Waals surface area contributed by atoms with Crippen LogP contribution < -0.4 is 15.8 Å². The number of carbonyl (C=O) groups excluding carboxylic acids is 1. The van der Waals surface area contributed by atoms with Crippen LogP contribution in [0.3, 0.4) is 0 Å². The van der Waals surface area contributed by atoms with Crippen LogP contribution in [0, 0.1) is 6.92 Å². The van der Waals surface area contributed by atoms with E-state index in [1.807, 2.05) is 0 Å². The Labute approximate surface area is 132 Å². The molecular weight excluding hydrogens is 321 g/mol. The first-order valence-corrected chi connectivity index (χ1v) is 6.56. The normalized spacial score (nSPS) is 15.7. The van der Waals surface area contributed by atoms with Crippen molar-refractivity contribution in [3.63, 3.8) is 0 Å². The van der Waals surface area contributed by atoms with Gasteiger partial charge in [-0.1, -0.05) is 12.1 Å². The molecule has 0 bridgehead atoms. The second-order valence-electron chi connectivity index (χ2n) is 5.35. The predicted octanol–water partition coefficient (Wildman–Crippen LogP) is 2.47. The second-order valence-corrected chi connectivity index (χ2v) is 5.35. The smallest absolute Gasteiger partial charge is 0.422 e. The zero-order chi connectivity index (χ0) is 15.7. The standard InChI is InChI=1S/C14H17F3N2O2.ClH/c1-9-2-3-10(7-19-12(20)13(18)4-5-13)11(6-9)21-8-14(15,16)17;/h2-3,6H,4-5,7-8,18H2,1H3,(H,19,20);1H. The van der Waals surface area contributed by atoms with Crippen LogP contribution >= 0.6 is 12.4 Å². The Morgan fingerprint density at radius 3 is 2.59 bits per heavy atom. The number of hydrogen-bond acceptors (Lipinski definition) is 3. The number of rotatable bonds is 5. The minimum atomic E-state index is -4.40. The summed E-state index contributed by atoms with van der Waals surface area (Å²) in [5, 5.41) is 2.63. The molecule has 0 radical (unpaired) electrons. The molecule has 4 nitrogen and oxygen atoms in total. The van der Waals surface area contributed by atoms with Gasteiger partial charge >= 0.3 is 6.18 Å². The average molecular weight is 339 g/mol. The summed E-state index contributed by atoms with van der Waals surface area (Å²) >= 11 is 0. The Morgan fingerprint density at radius 1 is 1.41 bits per heavy atom. The third-order valence-electron chi connectivity index (χ3n) is 3.29. The molecule has 124 valence electrons. The molecule has 1 aromatic rings. The molecule has 22 heavy (non-hydrogen) atoms. The fraction of sp³-hybridized carbons (Fsp3) is 0.500. The number of alkyl halides is 3. The van der Waals surface area contributed by atoms with E-state index in [9.17, 15) is 18.0 Å². The number of amides is 1. The van der Waals surface area contributed by atoms with Crippen LogP contribution in [-0.4, -0.2) is 24.2 Å². The highest BCUT2D eigenvalue weighted by Gasteiger charge is 2.45. The minimum absolute atomic E-state index is 0. The van der Waals surface area contributed by atoms with Crippen LogP contribution in [-0.2, 0) is 11.3 Å². The summed E-state index contributed by atoms with van der Waals surface area (Å²) in [7, 11) is 0. The third-order valence-corrected chi connectivity index (χ3v) is 3.29. The van der Waals surface area contributed by atoms with Crippen molar-refractivity contribution in [2.24, 2.45) is 5.73 Å². The molecule has 0 saturated heterocycles. The molecule has 0 atom stereocenters. The second kappa shape index (κ2) is 6.75. The van der Waals surface area contributed by atoms with Crippen LogP contribution in [0.4, 0.5) is 13.2 Å². The van der Waals surface area contributed by atoms with E-state index < -0.39 is 18.3 Å². The van der Waals surface area contributed by atoms with Gasteiger partial charge < -0.3 is 15.8 Å². The van der Waals surface area contributed by atoms with Gasteiger partial charge in [0.2, 0.25) is 5.91 Å². The maximum absolute atomic E-state index is 12.2. The molecule has 0 heterocycles. The summed E-state index contributed by atoms with van der Waals surface area (Å²) in [6.45, 7) is 0.478. The predicted molar refractivity (Wildman–Crippen MR) is 78.0 cm³/mol. The van der Waals surface area contributed by atoms with Gasteiger partial charge in [-0.2, -0.15) is 13.2 Å². The molecule has 8 heteroatoms. The highest BCUT2D eigenvalue weighted by Crippen LogP contribution is 2.32. The van der Waals surface area contributed by atoms with Gasteiger partial charge in [-0.25, -0.2) is 0 Å². The monoisotopic (exact) mass is 338 g/mol. The molecule has 0 spiro atoms. The maximum Gasteiger partial charge on any atom is 0.422 e. The molecule has 2 rings (SSSR count). The van der Waals surface area contributed by atoms with Gasteiger partial charge in [0.25, 0.3) is 0 Å². The van der Waals surface area contributed by atoms with E-state index in [1.165, 1.54) is 6.07 Å². The highest BCUT2D eigenvalue weighted by atomic mass is 35.5. The number of halogens is 4.